The lowest BCUT2D eigenvalue weighted by Gasteiger charge is -2.18. The third-order valence-corrected chi connectivity index (χ3v) is 2.50. The van der Waals surface area contributed by atoms with E-state index in [0.717, 1.165) is 5.82 Å². The van der Waals surface area contributed by atoms with Crippen molar-refractivity contribution >= 4 is 23.1 Å². The zero-order valence-corrected chi connectivity index (χ0v) is 8.25. The Balaban J connectivity index is 2.28. The Hall–Kier alpha value is -0.960. The van der Waals surface area contributed by atoms with Crippen LogP contribution >= 0.6 is 11.6 Å². The summed E-state index contributed by atoms with van der Waals surface area (Å²) in [4.78, 5) is 6.32. The van der Waals surface area contributed by atoms with Gasteiger partial charge in [0.05, 0.1) is 10.7 Å². The lowest BCUT2D eigenvalue weighted by molar-refractivity contribution is 0.894. The van der Waals surface area contributed by atoms with Crippen molar-refractivity contribution in [1.29, 1.82) is 0 Å². The van der Waals surface area contributed by atoms with Crippen molar-refractivity contribution in [2.75, 3.05) is 17.7 Å². The molecule has 0 radical (unpaired) electrons. The minimum Gasteiger partial charge on any atom is -0.396 e. The van der Waals surface area contributed by atoms with Crippen LogP contribution in [0.25, 0.3) is 0 Å². The average Bonchev–Trinajstić information content (AvgIpc) is 2.85. The summed E-state index contributed by atoms with van der Waals surface area (Å²) in [5, 5.41) is 0.588. The largest absolute Gasteiger partial charge is 0.396 e. The molecule has 0 aromatic carbocycles. The SMILES string of the molecule is CN(c1ncc(Cl)cc1N)C1CC1. The lowest BCUT2D eigenvalue weighted by atomic mass is 10.3. The topological polar surface area (TPSA) is 42.2 Å². The zero-order chi connectivity index (χ0) is 9.42. The van der Waals surface area contributed by atoms with Crippen LogP contribution < -0.4 is 10.6 Å². The second-order valence-corrected chi connectivity index (χ2v) is 3.84. The van der Waals surface area contributed by atoms with Gasteiger partial charge in [-0.15, -0.1) is 0 Å². The predicted molar refractivity (Wildman–Crippen MR) is 55.1 cm³/mol. The molecule has 1 aromatic rings. The Morgan fingerprint density at radius 3 is 2.85 bits per heavy atom. The maximum Gasteiger partial charge on any atom is 0.151 e. The summed E-state index contributed by atoms with van der Waals surface area (Å²) < 4.78 is 0. The Morgan fingerprint density at radius 2 is 2.31 bits per heavy atom. The minimum atomic E-state index is 0.588. The number of anilines is 2. The first kappa shape index (κ1) is 8.63. The number of halogens is 1. The predicted octanol–water partition coefficient (Wildman–Crippen LogP) is 1.92. The lowest BCUT2D eigenvalue weighted by Crippen LogP contribution is -2.21. The number of pyridine rings is 1. The smallest absolute Gasteiger partial charge is 0.151 e. The summed E-state index contributed by atoms with van der Waals surface area (Å²) in [6.45, 7) is 0. The van der Waals surface area contributed by atoms with Gasteiger partial charge in [-0.2, -0.15) is 0 Å². The molecule has 0 spiro atoms. The van der Waals surface area contributed by atoms with Crippen molar-refractivity contribution in [2.24, 2.45) is 0 Å². The number of hydrogen-bond donors (Lipinski definition) is 1. The van der Waals surface area contributed by atoms with Crippen molar-refractivity contribution in [3.05, 3.63) is 17.3 Å². The van der Waals surface area contributed by atoms with Crippen LogP contribution in [-0.2, 0) is 0 Å². The van der Waals surface area contributed by atoms with Gasteiger partial charge < -0.3 is 10.6 Å². The van der Waals surface area contributed by atoms with E-state index in [9.17, 15) is 0 Å². The molecule has 0 bridgehead atoms. The average molecular weight is 198 g/mol. The van der Waals surface area contributed by atoms with E-state index >= 15 is 0 Å². The maximum atomic E-state index is 5.80. The number of aromatic nitrogens is 1. The van der Waals surface area contributed by atoms with E-state index in [2.05, 4.69) is 9.88 Å². The molecule has 0 atom stereocenters. The Bertz CT molecular complexity index is 323. The first-order chi connectivity index (χ1) is 6.18. The molecule has 1 aliphatic rings. The van der Waals surface area contributed by atoms with E-state index in [-0.39, 0.29) is 0 Å². The summed E-state index contributed by atoms with van der Waals surface area (Å²) in [6, 6.07) is 2.36. The fourth-order valence-corrected chi connectivity index (χ4v) is 1.54. The molecule has 0 unspecified atom stereocenters. The highest BCUT2D eigenvalue weighted by atomic mass is 35.5. The molecule has 70 valence electrons. The number of nitrogens with two attached hydrogens (primary N) is 1. The summed E-state index contributed by atoms with van der Waals surface area (Å²) in [7, 11) is 2.02. The highest BCUT2D eigenvalue weighted by Crippen LogP contribution is 2.32. The normalized spacial score (nSPS) is 15.8. The molecule has 1 fully saturated rings. The van der Waals surface area contributed by atoms with Gasteiger partial charge in [0.2, 0.25) is 0 Å². The molecule has 13 heavy (non-hydrogen) atoms. The van der Waals surface area contributed by atoms with Crippen molar-refractivity contribution in [3.63, 3.8) is 0 Å². The highest BCUT2D eigenvalue weighted by molar-refractivity contribution is 6.30. The van der Waals surface area contributed by atoms with Crippen molar-refractivity contribution in [2.45, 2.75) is 18.9 Å². The van der Waals surface area contributed by atoms with E-state index in [1.165, 1.54) is 12.8 Å². The number of hydrogen-bond acceptors (Lipinski definition) is 3. The van der Waals surface area contributed by atoms with Crippen LogP contribution in [0.4, 0.5) is 11.5 Å². The van der Waals surface area contributed by atoms with E-state index < -0.39 is 0 Å². The molecule has 2 N–H and O–H groups in total. The van der Waals surface area contributed by atoms with E-state index in [0.29, 0.717) is 16.8 Å². The van der Waals surface area contributed by atoms with E-state index in [4.69, 9.17) is 17.3 Å². The van der Waals surface area contributed by atoms with E-state index in [1.54, 1.807) is 12.3 Å². The number of nitrogens with zero attached hydrogens (tertiary/aromatic N) is 2. The summed E-state index contributed by atoms with van der Waals surface area (Å²) in [6.07, 6.45) is 4.10. The zero-order valence-electron chi connectivity index (χ0n) is 7.50. The van der Waals surface area contributed by atoms with Gasteiger partial charge in [0, 0.05) is 19.3 Å². The van der Waals surface area contributed by atoms with Crippen LogP contribution in [0.3, 0.4) is 0 Å². The standard InChI is InChI=1S/C9H12ClN3/c1-13(7-2-3-7)9-8(11)4-6(10)5-12-9/h4-5,7H,2-3,11H2,1H3. The molecular formula is C9H12ClN3. The van der Waals surface area contributed by atoms with Crippen LogP contribution in [0.5, 0.6) is 0 Å². The van der Waals surface area contributed by atoms with Crippen LogP contribution in [0, 0.1) is 0 Å². The van der Waals surface area contributed by atoms with Gasteiger partial charge in [-0.05, 0) is 18.9 Å². The molecule has 1 heterocycles. The van der Waals surface area contributed by atoms with Gasteiger partial charge in [0.25, 0.3) is 0 Å². The third kappa shape index (κ3) is 1.70. The second-order valence-electron chi connectivity index (χ2n) is 3.41. The summed E-state index contributed by atoms with van der Waals surface area (Å²) >= 11 is 5.76. The van der Waals surface area contributed by atoms with Gasteiger partial charge in [0.1, 0.15) is 0 Å². The Kier molecular flexibility index (Phi) is 2.04. The maximum absolute atomic E-state index is 5.80. The molecule has 1 aliphatic carbocycles. The van der Waals surface area contributed by atoms with Crippen LogP contribution in [0.15, 0.2) is 12.3 Å². The molecule has 1 aromatic heterocycles. The van der Waals surface area contributed by atoms with E-state index in [1.807, 2.05) is 7.05 Å². The van der Waals surface area contributed by atoms with Gasteiger partial charge in [-0.1, -0.05) is 11.6 Å². The van der Waals surface area contributed by atoms with Gasteiger partial charge in [0.15, 0.2) is 5.82 Å². The molecule has 0 aliphatic heterocycles. The Labute approximate surface area is 82.5 Å². The Morgan fingerprint density at radius 1 is 1.62 bits per heavy atom. The first-order valence-electron chi connectivity index (χ1n) is 4.32. The molecule has 0 amide bonds. The fourth-order valence-electron chi connectivity index (χ4n) is 1.38. The van der Waals surface area contributed by atoms with Gasteiger partial charge >= 0.3 is 0 Å². The van der Waals surface area contributed by atoms with Gasteiger partial charge in [-0.3, -0.25) is 0 Å². The monoisotopic (exact) mass is 197 g/mol. The number of nitrogen functional groups attached to an aromatic ring is 1. The summed E-state index contributed by atoms with van der Waals surface area (Å²) in [5.74, 6) is 0.840. The highest BCUT2D eigenvalue weighted by Gasteiger charge is 2.28. The molecule has 3 nitrogen and oxygen atoms in total. The van der Waals surface area contributed by atoms with Crippen LogP contribution in [-0.4, -0.2) is 18.1 Å². The molecule has 0 saturated heterocycles. The van der Waals surface area contributed by atoms with Crippen molar-refractivity contribution < 1.29 is 0 Å². The van der Waals surface area contributed by atoms with Crippen LogP contribution in [0.1, 0.15) is 12.8 Å². The van der Waals surface area contributed by atoms with Crippen molar-refractivity contribution in [3.8, 4) is 0 Å². The first-order valence-corrected chi connectivity index (χ1v) is 4.70. The molecular weight excluding hydrogens is 186 g/mol. The second kappa shape index (κ2) is 3.07. The molecule has 4 heteroatoms. The number of rotatable bonds is 2. The quantitative estimate of drug-likeness (QED) is 0.788. The molecule has 2 rings (SSSR count). The minimum absolute atomic E-state index is 0.588. The van der Waals surface area contributed by atoms with Crippen molar-refractivity contribution in [1.82, 2.24) is 4.98 Å². The summed E-state index contributed by atoms with van der Waals surface area (Å²) in [5.41, 5.74) is 6.45. The molecule has 1 saturated carbocycles. The fraction of sp³-hybridized carbons (Fsp3) is 0.444. The third-order valence-electron chi connectivity index (χ3n) is 2.29. The van der Waals surface area contributed by atoms with Gasteiger partial charge in [-0.25, -0.2) is 4.98 Å². The van der Waals surface area contributed by atoms with Crippen LogP contribution in [0.2, 0.25) is 5.02 Å².